The lowest BCUT2D eigenvalue weighted by Crippen LogP contribution is -2.03. The van der Waals surface area contributed by atoms with E-state index in [1.165, 1.54) is 0 Å². The molecule has 0 radical (unpaired) electrons. The molecule has 0 bridgehead atoms. The first-order valence-corrected chi connectivity index (χ1v) is 5.86. The fourth-order valence-corrected chi connectivity index (χ4v) is 2.91. The van der Waals surface area contributed by atoms with E-state index in [4.69, 9.17) is 9.05 Å². The molecular formula is C8H15O3P. The summed E-state index contributed by atoms with van der Waals surface area (Å²) in [5, 5.41) is 0.853. The molecule has 0 atom stereocenters. The van der Waals surface area contributed by atoms with Gasteiger partial charge in [-0.2, -0.15) is 0 Å². The van der Waals surface area contributed by atoms with E-state index in [-0.39, 0.29) is 0 Å². The molecular weight excluding hydrogens is 175 g/mol. The van der Waals surface area contributed by atoms with Crippen molar-refractivity contribution in [2.45, 2.75) is 26.7 Å². The third kappa shape index (κ3) is 1.98. The summed E-state index contributed by atoms with van der Waals surface area (Å²) in [6, 6.07) is 0. The fourth-order valence-electron chi connectivity index (χ4n) is 1.07. The van der Waals surface area contributed by atoms with Gasteiger partial charge in [0.2, 0.25) is 0 Å². The largest absolute Gasteiger partial charge is 0.356 e. The molecule has 70 valence electrons. The van der Waals surface area contributed by atoms with Gasteiger partial charge in [0, 0.05) is 5.31 Å². The smallest absolute Gasteiger partial charge is 0.306 e. The quantitative estimate of drug-likeness (QED) is 0.625. The van der Waals surface area contributed by atoms with E-state index < -0.39 is 7.60 Å². The maximum Gasteiger partial charge on any atom is 0.356 e. The highest BCUT2D eigenvalue weighted by Crippen LogP contribution is 2.60. The Labute approximate surface area is 73.3 Å². The Bertz CT molecular complexity index is 212. The van der Waals surface area contributed by atoms with Crippen LogP contribution in [-0.4, -0.2) is 13.2 Å². The van der Waals surface area contributed by atoms with E-state index in [0.717, 1.165) is 18.2 Å². The molecule has 0 aromatic heterocycles. The molecule has 1 rings (SSSR count). The number of hydrogen-bond donors (Lipinski definition) is 0. The maximum atomic E-state index is 11.9. The summed E-state index contributed by atoms with van der Waals surface area (Å²) in [4.78, 5) is 0. The molecule has 0 aliphatic heterocycles. The number of allylic oxidation sites excluding steroid dienone is 2. The number of hydrogen-bond acceptors (Lipinski definition) is 3. The van der Waals surface area contributed by atoms with Crippen LogP contribution in [0.4, 0.5) is 0 Å². The molecule has 0 fully saturated rings. The lowest BCUT2D eigenvalue weighted by molar-refractivity contribution is 0.224. The van der Waals surface area contributed by atoms with Gasteiger partial charge in [-0.15, -0.1) is 0 Å². The minimum atomic E-state index is -2.86. The Hall–Kier alpha value is -0.110. The average Bonchev–Trinajstić information content (AvgIpc) is 1.82. The molecule has 12 heavy (non-hydrogen) atoms. The van der Waals surface area contributed by atoms with Crippen LogP contribution in [0.3, 0.4) is 0 Å². The summed E-state index contributed by atoms with van der Waals surface area (Å²) in [5.74, 6) is 0. The first-order valence-electron chi connectivity index (χ1n) is 4.31. The second-order valence-electron chi connectivity index (χ2n) is 2.57. The zero-order valence-electron chi connectivity index (χ0n) is 7.58. The minimum absolute atomic E-state index is 0.439. The monoisotopic (exact) mass is 190 g/mol. The summed E-state index contributed by atoms with van der Waals surface area (Å²) in [7, 11) is -2.86. The SMILES string of the molecule is CCOP(=O)(OCC)C1=CCC1. The normalized spacial score (nSPS) is 17.0. The first-order chi connectivity index (χ1) is 5.73. The van der Waals surface area contributed by atoms with Crippen molar-refractivity contribution in [3.63, 3.8) is 0 Å². The molecule has 0 unspecified atom stereocenters. The van der Waals surface area contributed by atoms with Gasteiger partial charge in [-0.3, -0.25) is 4.57 Å². The van der Waals surface area contributed by atoms with Crippen molar-refractivity contribution in [1.82, 2.24) is 0 Å². The van der Waals surface area contributed by atoms with Gasteiger partial charge in [0.25, 0.3) is 0 Å². The molecule has 0 N–H and O–H groups in total. The van der Waals surface area contributed by atoms with E-state index in [2.05, 4.69) is 0 Å². The van der Waals surface area contributed by atoms with Gasteiger partial charge in [-0.25, -0.2) is 0 Å². The predicted molar refractivity (Wildman–Crippen MR) is 48.2 cm³/mol. The lowest BCUT2D eigenvalue weighted by atomic mass is 10.1. The molecule has 0 heterocycles. The van der Waals surface area contributed by atoms with Crippen LogP contribution in [0.2, 0.25) is 0 Å². The summed E-state index contributed by atoms with van der Waals surface area (Å²) in [6.45, 7) is 4.53. The Kier molecular flexibility index (Phi) is 3.51. The fraction of sp³-hybridized carbons (Fsp3) is 0.750. The first kappa shape index (κ1) is 9.97. The van der Waals surface area contributed by atoms with E-state index in [1.807, 2.05) is 19.9 Å². The van der Waals surface area contributed by atoms with Crippen LogP contribution in [-0.2, 0) is 13.6 Å². The van der Waals surface area contributed by atoms with Crippen LogP contribution in [0.1, 0.15) is 26.7 Å². The van der Waals surface area contributed by atoms with Crippen LogP contribution >= 0.6 is 7.60 Å². The zero-order valence-corrected chi connectivity index (χ0v) is 8.47. The number of rotatable bonds is 5. The van der Waals surface area contributed by atoms with Gasteiger partial charge in [0.15, 0.2) is 0 Å². The van der Waals surface area contributed by atoms with Crippen molar-refractivity contribution in [2.24, 2.45) is 0 Å². The van der Waals surface area contributed by atoms with Crippen molar-refractivity contribution in [2.75, 3.05) is 13.2 Å². The molecule has 0 amide bonds. The molecule has 0 aromatic carbocycles. The topological polar surface area (TPSA) is 35.5 Å². The van der Waals surface area contributed by atoms with E-state index in [1.54, 1.807) is 0 Å². The third-order valence-corrected chi connectivity index (χ3v) is 4.04. The summed E-state index contributed by atoms with van der Waals surface area (Å²) in [5.41, 5.74) is 0. The van der Waals surface area contributed by atoms with Crippen molar-refractivity contribution in [3.8, 4) is 0 Å². The highest BCUT2D eigenvalue weighted by molar-refractivity contribution is 7.58. The second kappa shape index (κ2) is 4.22. The van der Waals surface area contributed by atoms with Gasteiger partial charge in [-0.05, 0) is 26.7 Å². The van der Waals surface area contributed by atoms with Crippen LogP contribution in [0.15, 0.2) is 11.4 Å². The molecule has 4 heteroatoms. The Morgan fingerprint density at radius 1 is 1.42 bits per heavy atom. The molecule has 0 spiro atoms. The van der Waals surface area contributed by atoms with E-state index in [9.17, 15) is 4.57 Å². The Morgan fingerprint density at radius 2 is 1.92 bits per heavy atom. The predicted octanol–water partition coefficient (Wildman–Crippen LogP) is 2.93. The van der Waals surface area contributed by atoms with Gasteiger partial charge in [0.1, 0.15) is 0 Å². The highest BCUT2D eigenvalue weighted by Gasteiger charge is 2.31. The highest BCUT2D eigenvalue weighted by atomic mass is 31.2. The lowest BCUT2D eigenvalue weighted by Gasteiger charge is -2.23. The maximum absolute atomic E-state index is 11.9. The van der Waals surface area contributed by atoms with Gasteiger partial charge in [0.05, 0.1) is 13.2 Å². The summed E-state index contributed by atoms with van der Waals surface area (Å²) in [6.07, 6.45) is 3.79. The van der Waals surface area contributed by atoms with Gasteiger partial charge in [-0.1, -0.05) is 6.08 Å². The van der Waals surface area contributed by atoms with E-state index in [0.29, 0.717) is 13.2 Å². The Balaban J connectivity index is 2.64. The minimum Gasteiger partial charge on any atom is -0.306 e. The molecule has 0 saturated heterocycles. The molecule has 1 aliphatic carbocycles. The van der Waals surface area contributed by atoms with Crippen LogP contribution in [0.25, 0.3) is 0 Å². The van der Waals surface area contributed by atoms with Gasteiger partial charge < -0.3 is 9.05 Å². The molecule has 0 aromatic rings. The summed E-state index contributed by atoms with van der Waals surface area (Å²) < 4.78 is 22.2. The third-order valence-electron chi connectivity index (χ3n) is 1.73. The van der Waals surface area contributed by atoms with Crippen LogP contribution in [0, 0.1) is 0 Å². The molecule has 0 saturated carbocycles. The van der Waals surface area contributed by atoms with Crippen molar-refractivity contribution in [3.05, 3.63) is 11.4 Å². The standard InChI is InChI=1S/C8H15O3P/c1-3-10-12(9,11-4-2)8-6-5-7-8/h6H,3-5,7H2,1-2H3. The van der Waals surface area contributed by atoms with Crippen molar-refractivity contribution in [1.29, 1.82) is 0 Å². The van der Waals surface area contributed by atoms with Gasteiger partial charge >= 0.3 is 7.60 Å². The zero-order chi connectivity index (χ0) is 9.03. The summed E-state index contributed by atoms with van der Waals surface area (Å²) >= 11 is 0. The Morgan fingerprint density at radius 3 is 2.17 bits per heavy atom. The average molecular weight is 190 g/mol. The molecule has 3 nitrogen and oxygen atoms in total. The second-order valence-corrected chi connectivity index (χ2v) is 4.65. The van der Waals surface area contributed by atoms with Crippen molar-refractivity contribution < 1.29 is 13.6 Å². The van der Waals surface area contributed by atoms with Crippen LogP contribution in [0.5, 0.6) is 0 Å². The van der Waals surface area contributed by atoms with E-state index >= 15 is 0 Å². The van der Waals surface area contributed by atoms with Crippen molar-refractivity contribution >= 4 is 7.60 Å². The van der Waals surface area contributed by atoms with Crippen LogP contribution < -0.4 is 0 Å². The molecule has 1 aliphatic rings.